The fraction of sp³-hybridized carbons (Fsp3) is 0.952. The molecule has 132 valence electrons. The Morgan fingerprint density at radius 1 is 1.04 bits per heavy atom. The average molecular weight is 321 g/mol. The van der Waals surface area contributed by atoms with Crippen molar-refractivity contribution in [2.45, 2.75) is 98.5 Å². The Labute approximate surface area is 142 Å². The third kappa shape index (κ3) is 2.51. The summed E-state index contributed by atoms with van der Waals surface area (Å²) in [6.45, 7) is 11.4. The van der Waals surface area contributed by atoms with Gasteiger partial charge < -0.3 is 9.90 Å². The van der Waals surface area contributed by atoms with Gasteiger partial charge in [-0.2, -0.15) is 0 Å². The fourth-order valence-corrected chi connectivity index (χ4v) is 7.40. The highest BCUT2D eigenvalue weighted by molar-refractivity contribution is 5.76. The van der Waals surface area contributed by atoms with Gasteiger partial charge in [0.2, 0.25) is 0 Å². The molecule has 3 saturated carbocycles. The second-order valence-electron chi connectivity index (χ2n) is 10.4. The number of rotatable bonds is 2. The number of fused-ring (bicyclic) bond motifs is 2. The number of hydrogen-bond donors (Lipinski definition) is 1. The average Bonchev–Trinajstić information content (AvgIpc) is 2.74. The van der Waals surface area contributed by atoms with Crippen LogP contribution in [0.3, 0.4) is 0 Å². The summed E-state index contributed by atoms with van der Waals surface area (Å²) in [5.41, 5.74) is 0.762. The maximum absolute atomic E-state index is 11.8. The molecule has 2 nitrogen and oxygen atoms in total. The normalized spacial score (nSPS) is 49.1. The summed E-state index contributed by atoms with van der Waals surface area (Å²) in [6, 6.07) is 0. The summed E-state index contributed by atoms with van der Waals surface area (Å²) >= 11 is 0. The predicted molar refractivity (Wildman–Crippen MR) is 94.2 cm³/mol. The molecule has 3 fully saturated rings. The maximum Gasteiger partial charge on any atom is 0.130 e. The Hall–Kier alpha value is -0.370. The molecule has 0 amide bonds. The molecular weight excluding hydrogens is 284 g/mol. The van der Waals surface area contributed by atoms with Gasteiger partial charge in [-0.05, 0) is 74.0 Å². The number of Topliss-reactive ketones (excluding diaryl/α,β-unsaturated/α-hetero) is 1. The molecule has 0 aromatic heterocycles. The molecule has 1 spiro atoms. The van der Waals surface area contributed by atoms with Crippen LogP contribution in [0.25, 0.3) is 0 Å². The van der Waals surface area contributed by atoms with Crippen LogP contribution >= 0.6 is 0 Å². The van der Waals surface area contributed by atoms with Crippen molar-refractivity contribution < 1.29 is 9.90 Å². The first-order chi connectivity index (χ1) is 10.5. The van der Waals surface area contributed by atoms with Crippen LogP contribution in [-0.4, -0.2) is 17.0 Å². The minimum Gasteiger partial charge on any atom is -0.393 e. The first-order valence-electron chi connectivity index (χ1n) is 9.72. The first kappa shape index (κ1) is 17.5. The van der Waals surface area contributed by atoms with Crippen molar-refractivity contribution in [2.24, 2.45) is 27.6 Å². The van der Waals surface area contributed by atoms with E-state index in [1.807, 2.05) is 0 Å². The summed E-state index contributed by atoms with van der Waals surface area (Å²) in [7, 11) is 0. The van der Waals surface area contributed by atoms with Gasteiger partial charge in [0.15, 0.2) is 0 Å². The molecule has 5 atom stereocenters. The topological polar surface area (TPSA) is 37.3 Å². The minimum absolute atomic E-state index is 0.0395. The van der Waals surface area contributed by atoms with E-state index in [9.17, 15) is 9.90 Å². The number of aliphatic hydroxyl groups is 1. The third-order valence-corrected chi connectivity index (χ3v) is 8.33. The SMILES string of the molecule is CC(=O)CC1(C)CCC2(C1)C(O)CCC1C(C)(C)CCCC12C. The Bertz CT molecular complexity index is 496. The van der Waals surface area contributed by atoms with E-state index < -0.39 is 0 Å². The number of ketones is 1. The predicted octanol–water partition coefficient (Wildman–Crippen LogP) is 5.13. The third-order valence-electron chi connectivity index (χ3n) is 8.33. The van der Waals surface area contributed by atoms with Gasteiger partial charge in [0.25, 0.3) is 0 Å². The van der Waals surface area contributed by atoms with Crippen LogP contribution in [0.5, 0.6) is 0 Å². The zero-order chi connectivity index (χ0) is 17.1. The summed E-state index contributed by atoms with van der Waals surface area (Å²) in [6.07, 6.45) is 9.78. The first-order valence-corrected chi connectivity index (χ1v) is 9.72. The second kappa shape index (κ2) is 5.31. The van der Waals surface area contributed by atoms with Gasteiger partial charge in [0.1, 0.15) is 5.78 Å². The molecule has 3 rings (SSSR count). The van der Waals surface area contributed by atoms with Crippen LogP contribution in [-0.2, 0) is 4.79 Å². The lowest BCUT2D eigenvalue weighted by Crippen LogP contribution is -2.59. The van der Waals surface area contributed by atoms with E-state index in [1.165, 1.54) is 25.7 Å². The van der Waals surface area contributed by atoms with E-state index in [-0.39, 0.29) is 22.3 Å². The molecule has 23 heavy (non-hydrogen) atoms. The molecule has 5 unspecified atom stereocenters. The summed E-state index contributed by atoms with van der Waals surface area (Å²) in [4.78, 5) is 11.8. The summed E-state index contributed by atoms with van der Waals surface area (Å²) in [5, 5.41) is 11.1. The van der Waals surface area contributed by atoms with E-state index in [2.05, 4.69) is 27.7 Å². The van der Waals surface area contributed by atoms with Crippen molar-refractivity contribution in [1.29, 1.82) is 0 Å². The van der Waals surface area contributed by atoms with Crippen LogP contribution < -0.4 is 0 Å². The molecule has 0 aromatic rings. The van der Waals surface area contributed by atoms with Crippen molar-refractivity contribution in [3.63, 3.8) is 0 Å². The number of carbonyl (C=O) groups excluding carboxylic acids is 1. The highest BCUT2D eigenvalue weighted by atomic mass is 16.3. The van der Waals surface area contributed by atoms with Crippen LogP contribution in [0.15, 0.2) is 0 Å². The van der Waals surface area contributed by atoms with E-state index in [0.717, 1.165) is 25.7 Å². The van der Waals surface area contributed by atoms with E-state index in [0.29, 0.717) is 23.5 Å². The maximum atomic E-state index is 11.8. The number of aliphatic hydroxyl groups excluding tert-OH is 1. The van der Waals surface area contributed by atoms with E-state index in [1.54, 1.807) is 6.92 Å². The van der Waals surface area contributed by atoms with Crippen LogP contribution in [0.4, 0.5) is 0 Å². The minimum atomic E-state index is -0.175. The molecule has 3 aliphatic carbocycles. The number of hydrogen-bond acceptors (Lipinski definition) is 2. The lowest BCUT2D eigenvalue weighted by atomic mass is 9.41. The van der Waals surface area contributed by atoms with Crippen LogP contribution in [0.1, 0.15) is 92.4 Å². The zero-order valence-electron chi connectivity index (χ0n) is 15.9. The summed E-state index contributed by atoms with van der Waals surface area (Å²) < 4.78 is 0. The van der Waals surface area contributed by atoms with Gasteiger partial charge in [-0.25, -0.2) is 0 Å². The molecule has 2 heteroatoms. The Morgan fingerprint density at radius 2 is 1.74 bits per heavy atom. The second-order valence-corrected chi connectivity index (χ2v) is 10.4. The van der Waals surface area contributed by atoms with Crippen LogP contribution in [0, 0.1) is 27.6 Å². The van der Waals surface area contributed by atoms with Gasteiger partial charge in [-0.15, -0.1) is 0 Å². The van der Waals surface area contributed by atoms with Crippen LogP contribution in [0.2, 0.25) is 0 Å². The summed E-state index contributed by atoms with van der Waals surface area (Å²) in [5.74, 6) is 1.02. The van der Waals surface area contributed by atoms with Crippen molar-refractivity contribution in [3.8, 4) is 0 Å². The molecule has 0 saturated heterocycles. The highest BCUT2D eigenvalue weighted by Gasteiger charge is 2.65. The van der Waals surface area contributed by atoms with Gasteiger partial charge in [-0.1, -0.05) is 34.1 Å². The lowest BCUT2D eigenvalue weighted by molar-refractivity contribution is -0.186. The van der Waals surface area contributed by atoms with E-state index >= 15 is 0 Å². The molecule has 0 aliphatic heterocycles. The molecule has 1 N–H and O–H groups in total. The van der Waals surface area contributed by atoms with Gasteiger partial charge >= 0.3 is 0 Å². The quantitative estimate of drug-likeness (QED) is 0.766. The Kier molecular flexibility index (Phi) is 4.03. The largest absolute Gasteiger partial charge is 0.393 e. The standard InChI is InChI=1S/C21H36O2/c1-15(22)13-19(4)11-12-21(14-19)17(23)8-7-16-18(2,3)9-6-10-20(16,21)5/h16-17,23H,6-14H2,1-5H3. The Morgan fingerprint density at radius 3 is 2.39 bits per heavy atom. The smallest absolute Gasteiger partial charge is 0.130 e. The molecular formula is C21H36O2. The monoisotopic (exact) mass is 320 g/mol. The van der Waals surface area contributed by atoms with Gasteiger partial charge in [0, 0.05) is 11.8 Å². The lowest BCUT2D eigenvalue weighted by Gasteiger charge is -2.64. The molecule has 0 heterocycles. The molecule has 0 aromatic carbocycles. The molecule has 0 bridgehead atoms. The molecule has 3 aliphatic rings. The van der Waals surface area contributed by atoms with Crippen molar-refractivity contribution >= 4 is 5.78 Å². The zero-order valence-corrected chi connectivity index (χ0v) is 15.9. The fourth-order valence-electron chi connectivity index (χ4n) is 7.40. The van der Waals surface area contributed by atoms with Gasteiger partial charge in [-0.3, -0.25) is 0 Å². The van der Waals surface area contributed by atoms with Crippen molar-refractivity contribution in [1.82, 2.24) is 0 Å². The van der Waals surface area contributed by atoms with E-state index in [4.69, 9.17) is 0 Å². The highest BCUT2D eigenvalue weighted by Crippen LogP contribution is 2.71. The van der Waals surface area contributed by atoms with Crippen molar-refractivity contribution in [2.75, 3.05) is 0 Å². The van der Waals surface area contributed by atoms with Gasteiger partial charge in [0.05, 0.1) is 6.10 Å². The van der Waals surface area contributed by atoms with Crippen molar-refractivity contribution in [3.05, 3.63) is 0 Å². The molecule has 0 radical (unpaired) electrons. The Balaban J connectivity index is 1.98. The number of carbonyl (C=O) groups is 1.